The van der Waals surface area contributed by atoms with E-state index < -0.39 is 0 Å². The van der Waals surface area contributed by atoms with Crippen molar-refractivity contribution in [2.75, 3.05) is 19.0 Å². The molecule has 2 heterocycles. The molecule has 0 saturated heterocycles. The Bertz CT molecular complexity index is 908. The molecule has 0 spiro atoms. The Balaban J connectivity index is 1.85. The van der Waals surface area contributed by atoms with Crippen LogP contribution in [0.25, 0.3) is 5.69 Å². The van der Waals surface area contributed by atoms with Gasteiger partial charge < -0.3 is 10.2 Å². The van der Waals surface area contributed by atoms with Gasteiger partial charge in [0.15, 0.2) is 0 Å². The zero-order chi connectivity index (χ0) is 18.7. The molecule has 0 bridgehead atoms. The Morgan fingerprint density at radius 1 is 1.23 bits per heavy atom. The molecule has 0 saturated carbocycles. The smallest absolute Gasteiger partial charge is 0.251 e. The molecule has 1 N–H and O–H groups in total. The molecule has 0 aliphatic carbocycles. The second-order valence-electron chi connectivity index (χ2n) is 6.14. The molecular weight excluding hydrogens is 350 g/mol. The zero-order valence-corrected chi connectivity index (χ0v) is 15.6. The van der Waals surface area contributed by atoms with Gasteiger partial charge in [0.1, 0.15) is 11.0 Å². The number of nitrogens with one attached hydrogen (secondary N) is 1. The Morgan fingerprint density at radius 3 is 2.69 bits per heavy atom. The number of rotatable bonds is 5. The van der Waals surface area contributed by atoms with Crippen LogP contribution in [0.15, 0.2) is 54.9 Å². The fourth-order valence-corrected chi connectivity index (χ4v) is 2.88. The summed E-state index contributed by atoms with van der Waals surface area (Å²) in [6.45, 7) is 1.94. The number of carbonyl (C=O) groups is 1. The normalized spacial score (nSPS) is 11.8. The highest BCUT2D eigenvalue weighted by Gasteiger charge is 2.17. The average molecular weight is 370 g/mol. The van der Waals surface area contributed by atoms with Crippen molar-refractivity contribution in [3.8, 4) is 5.69 Å². The maximum absolute atomic E-state index is 12.7. The van der Waals surface area contributed by atoms with Crippen LogP contribution in [0, 0.1) is 0 Å². The maximum Gasteiger partial charge on any atom is 0.251 e. The van der Waals surface area contributed by atoms with Gasteiger partial charge in [-0.25, -0.2) is 9.67 Å². The van der Waals surface area contributed by atoms with Crippen molar-refractivity contribution in [1.29, 1.82) is 0 Å². The van der Waals surface area contributed by atoms with Gasteiger partial charge in [-0.1, -0.05) is 29.8 Å². The standard InChI is InChI=1S/C19H20ClN5O/c1-13(15-7-4-5-8-16(15)25-10-6-9-21-25)22-19(26)14-11-17(20)23-18(12-14)24(2)3/h4-13H,1-3H3,(H,22,26)/t13-/m0/s1. The van der Waals surface area contributed by atoms with Crippen molar-refractivity contribution < 1.29 is 4.79 Å². The van der Waals surface area contributed by atoms with Crippen LogP contribution in [0.2, 0.25) is 5.15 Å². The Hall–Kier alpha value is -2.86. The first-order valence-corrected chi connectivity index (χ1v) is 8.58. The summed E-state index contributed by atoms with van der Waals surface area (Å²) in [5.74, 6) is 0.424. The van der Waals surface area contributed by atoms with E-state index in [4.69, 9.17) is 11.6 Å². The minimum Gasteiger partial charge on any atom is -0.363 e. The van der Waals surface area contributed by atoms with Gasteiger partial charge in [-0.2, -0.15) is 5.10 Å². The van der Waals surface area contributed by atoms with Crippen molar-refractivity contribution in [2.24, 2.45) is 0 Å². The van der Waals surface area contributed by atoms with E-state index in [9.17, 15) is 4.79 Å². The van der Waals surface area contributed by atoms with E-state index in [-0.39, 0.29) is 17.1 Å². The first-order valence-electron chi connectivity index (χ1n) is 8.20. The fourth-order valence-electron chi connectivity index (χ4n) is 2.67. The number of para-hydroxylation sites is 1. The van der Waals surface area contributed by atoms with Gasteiger partial charge in [0.2, 0.25) is 0 Å². The number of pyridine rings is 1. The summed E-state index contributed by atoms with van der Waals surface area (Å²) >= 11 is 6.06. The average Bonchev–Trinajstić information content (AvgIpc) is 3.15. The van der Waals surface area contributed by atoms with Gasteiger partial charge in [0, 0.05) is 32.1 Å². The molecule has 0 aliphatic rings. The molecule has 0 aliphatic heterocycles. The molecule has 0 radical (unpaired) electrons. The molecule has 2 aromatic heterocycles. The van der Waals surface area contributed by atoms with Gasteiger partial charge >= 0.3 is 0 Å². The minimum absolute atomic E-state index is 0.208. The molecule has 134 valence electrons. The number of hydrogen-bond donors (Lipinski definition) is 1. The SMILES string of the molecule is C[C@H](NC(=O)c1cc(Cl)nc(N(C)C)c1)c1ccccc1-n1cccn1. The fraction of sp³-hybridized carbons (Fsp3) is 0.211. The topological polar surface area (TPSA) is 63.1 Å². The predicted octanol–water partition coefficient (Wildman–Crippen LogP) is 3.48. The molecule has 1 atom stereocenters. The van der Waals surface area contributed by atoms with E-state index >= 15 is 0 Å². The van der Waals surface area contributed by atoms with Crippen LogP contribution in [0.1, 0.15) is 28.9 Å². The number of amides is 1. The van der Waals surface area contributed by atoms with Crippen molar-refractivity contribution in [3.63, 3.8) is 0 Å². The third-order valence-electron chi connectivity index (χ3n) is 4.00. The Labute approximate surface area is 157 Å². The van der Waals surface area contributed by atoms with Crippen LogP contribution < -0.4 is 10.2 Å². The Morgan fingerprint density at radius 2 is 2.00 bits per heavy atom. The molecule has 1 amide bonds. The van der Waals surface area contributed by atoms with Gasteiger partial charge in [-0.3, -0.25) is 4.79 Å². The van der Waals surface area contributed by atoms with Crippen LogP contribution in [0.3, 0.4) is 0 Å². The van der Waals surface area contributed by atoms with Crippen LogP contribution in [0.5, 0.6) is 0 Å². The first kappa shape index (κ1) is 17.9. The van der Waals surface area contributed by atoms with Gasteiger partial charge in [-0.15, -0.1) is 0 Å². The van der Waals surface area contributed by atoms with E-state index in [1.165, 1.54) is 0 Å². The lowest BCUT2D eigenvalue weighted by Crippen LogP contribution is -2.28. The molecule has 3 aromatic rings. The van der Waals surface area contributed by atoms with Crippen LogP contribution in [0.4, 0.5) is 5.82 Å². The second kappa shape index (κ2) is 7.58. The predicted molar refractivity (Wildman–Crippen MR) is 103 cm³/mol. The molecule has 1 aromatic carbocycles. The zero-order valence-electron chi connectivity index (χ0n) is 14.8. The number of halogens is 1. The van der Waals surface area contributed by atoms with E-state index in [2.05, 4.69) is 15.4 Å². The van der Waals surface area contributed by atoms with Gasteiger partial charge in [0.25, 0.3) is 5.91 Å². The van der Waals surface area contributed by atoms with Crippen LogP contribution >= 0.6 is 11.6 Å². The van der Waals surface area contributed by atoms with Gasteiger partial charge in [-0.05, 0) is 36.8 Å². The molecular formula is C19H20ClN5O. The number of hydrogen-bond acceptors (Lipinski definition) is 4. The highest BCUT2D eigenvalue weighted by molar-refractivity contribution is 6.29. The summed E-state index contributed by atoms with van der Waals surface area (Å²) < 4.78 is 1.78. The van der Waals surface area contributed by atoms with Crippen LogP contribution in [-0.4, -0.2) is 34.8 Å². The Kier molecular flexibility index (Phi) is 5.23. The molecule has 6 nitrogen and oxygen atoms in total. The molecule has 26 heavy (non-hydrogen) atoms. The quantitative estimate of drug-likeness (QED) is 0.699. The van der Waals surface area contributed by atoms with Crippen LogP contribution in [-0.2, 0) is 0 Å². The number of nitrogens with zero attached hydrogens (tertiary/aromatic N) is 4. The van der Waals surface area contributed by atoms with Crippen molar-refractivity contribution in [1.82, 2.24) is 20.1 Å². The largest absolute Gasteiger partial charge is 0.363 e. The van der Waals surface area contributed by atoms with Crippen molar-refractivity contribution >= 4 is 23.3 Å². The lowest BCUT2D eigenvalue weighted by molar-refractivity contribution is 0.0940. The molecule has 0 fully saturated rings. The highest BCUT2D eigenvalue weighted by Crippen LogP contribution is 2.22. The van der Waals surface area contributed by atoms with E-state index in [1.807, 2.05) is 57.5 Å². The summed E-state index contributed by atoms with van der Waals surface area (Å²) in [7, 11) is 3.70. The maximum atomic E-state index is 12.7. The third kappa shape index (κ3) is 3.86. The molecule has 3 rings (SSSR count). The number of benzene rings is 1. The van der Waals surface area contributed by atoms with E-state index in [1.54, 1.807) is 27.9 Å². The monoisotopic (exact) mass is 369 g/mol. The summed E-state index contributed by atoms with van der Waals surface area (Å²) in [6, 6.07) is 12.8. The highest BCUT2D eigenvalue weighted by atomic mass is 35.5. The van der Waals surface area contributed by atoms with E-state index in [0.29, 0.717) is 11.4 Å². The van der Waals surface area contributed by atoms with Crippen molar-refractivity contribution in [3.05, 3.63) is 71.1 Å². The summed E-state index contributed by atoms with van der Waals surface area (Å²) in [5.41, 5.74) is 2.36. The molecule has 0 unspecified atom stereocenters. The third-order valence-corrected chi connectivity index (χ3v) is 4.20. The summed E-state index contributed by atoms with van der Waals surface area (Å²) in [4.78, 5) is 18.7. The minimum atomic E-state index is -0.211. The number of anilines is 1. The van der Waals surface area contributed by atoms with Crippen molar-refractivity contribution in [2.45, 2.75) is 13.0 Å². The lowest BCUT2D eigenvalue weighted by atomic mass is 10.1. The summed E-state index contributed by atoms with van der Waals surface area (Å²) in [5, 5.41) is 7.59. The number of aromatic nitrogens is 3. The van der Waals surface area contributed by atoms with Gasteiger partial charge in [0.05, 0.1) is 11.7 Å². The first-order chi connectivity index (χ1) is 12.5. The lowest BCUT2D eigenvalue weighted by Gasteiger charge is -2.19. The number of carbonyl (C=O) groups excluding carboxylic acids is 1. The second-order valence-corrected chi connectivity index (χ2v) is 6.52. The summed E-state index contributed by atoms with van der Waals surface area (Å²) in [6.07, 6.45) is 3.60. The van der Waals surface area contributed by atoms with E-state index in [0.717, 1.165) is 11.3 Å². The molecule has 7 heteroatoms.